The van der Waals surface area contributed by atoms with Gasteiger partial charge in [-0.05, 0) is 38.5 Å². The van der Waals surface area contributed by atoms with Gasteiger partial charge < -0.3 is 10.1 Å². The van der Waals surface area contributed by atoms with Crippen LogP contribution in [0.1, 0.15) is 30.6 Å². The van der Waals surface area contributed by atoms with Crippen molar-refractivity contribution in [1.82, 2.24) is 20.3 Å². The van der Waals surface area contributed by atoms with Crippen molar-refractivity contribution in [2.75, 3.05) is 18.1 Å². The van der Waals surface area contributed by atoms with Crippen molar-refractivity contribution in [3.63, 3.8) is 0 Å². The van der Waals surface area contributed by atoms with Crippen molar-refractivity contribution in [3.05, 3.63) is 23.8 Å². The molecule has 1 saturated heterocycles. The number of carbonyl (C=O) groups excluding carboxylic acids is 2. The molecular weight excluding hydrogens is 360 g/mol. The number of hydrogen-bond donors (Lipinski definition) is 1. The first-order chi connectivity index (χ1) is 12.2. The molecule has 1 amide bonds. The minimum absolute atomic E-state index is 0.0437. The Morgan fingerprint density at radius 3 is 2.81 bits per heavy atom. The maximum Gasteiger partial charge on any atom is 0.338 e. The number of esters is 1. The number of hydrogen-bond acceptors (Lipinski definition) is 7. The molecule has 0 aliphatic carbocycles. The van der Waals surface area contributed by atoms with E-state index in [-0.39, 0.29) is 17.1 Å². The molecule has 0 bridgehead atoms. The summed E-state index contributed by atoms with van der Waals surface area (Å²) in [4.78, 5) is 24.1. The lowest BCUT2D eigenvalue weighted by molar-refractivity contribution is -0.125. The van der Waals surface area contributed by atoms with E-state index in [1.165, 1.54) is 0 Å². The van der Waals surface area contributed by atoms with E-state index < -0.39 is 33.9 Å². The second-order valence-electron chi connectivity index (χ2n) is 6.64. The molecule has 2 heterocycles. The molecule has 3 rings (SSSR count). The SMILES string of the molecule is CCn1nnc2cc(C(=O)OCC(=O)N[C@]3(C)CCS(=O)(=O)C3)ccc21. The van der Waals surface area contributed by atoms with E-state index in [2.05, 4.69) is 15.6 Å². The molecule has 1 atom stereocenters. The molecule has 140 valence electrons. The number of nitrogens with zero attached hydrogens (tertiary/aromatic N) is 3. The molecule has 26 heavy (non-hydrogen) atoms. The van der Waals surface area contributed by atoms with E-state index in [4.69, 9.17) is 4.74 Å². The number of fused-ring (bicyclic) bond motifs is 1. The van der Waals surface area contributed by atoms with Gasteiger partial charge in [0, 0.05) is 6.54 Å². The topological polar surface area (TPSA) is 120 Å². The van der Waals surface area contributed by atoms with Gasteiger partial charge in [0.25, 0.3) is 5.91 Å². The fraction of sp³-hybridized carbons (Fsp3) is 0.500. The zero-order valence-electron chi connectivity index (χ0n) is 14.6. The van der Waals surface area contributed by atoms with Gasteiger partial charge in [-0.2, -0.15) is 0 Å². The molecule has 9 nitrogen and oxygen atoms in total. The number of carbonyl (C=O) groups is 2. The first kappa shape index (κ1) is 18.3. The van der Waals surface area contributed by atoms with Crippen LogP contribution in [0.2, 0.25) is 0 Å². The van der Waals surface area contributed by atoms with Crippen molar-refractivity contribution in [2.45, 2.75) is 32.4 Å². The number of sulfone groups is 1. The summed E-state index contributed by atoms with van der Waals surface area (Å²) in [6.07, 6.45) is 0.346. The molecule has 2 aromatic rings. The number of aromatic nitrogens is 3. The van der Waals surface area contributed by atoms with Crippen LogP contribution in [0, 0.1) is 0 Å². The van der Waals surface area contributed by atoms with Gasteiger partial charge in [-0.15, -0.1) is 5.10 Å². The maximum atomic E-state index is 12.1. The van der Waals surface area contributed by atoms with Gasteiger partial charge in [0.2, 0.25) is 0 Å². The zero-order chi connectivity index (χ0) is 18.9. The van der Waals surface area contributed by atoms with E-state index >= 15 is 0 Å². The second kappa shape index (κ2) is 6.67. The van der Waals surface area contributed by atoms with Crippen molar-refractivity contribution in [1.29, 1.82) is 0 Å². The smallest absolute Gasteiger partial charge is 0.338 e. The largest absolute Gasteiger partial charge is 0.452 e. The Hall–Kier alpha value is -2.49. The maximum absolute atomic E-state index is 12.1. The Labute approximate surface area is 150 Å². The van der Waals surface area contributed by atoms with E-state index in [0.717, 1.165) is 5.52 Å². The van der Waals surface area contributed by atoms with E-state index in [9.17, 15) is 18.0 Å². The summed E-state index contributed by atoms with van der Waals surface area (Å²) in [7, 11) is -3.13. The lowest BCUT2D eigenvalue weighted by atomic mass is 10.0. The zero-order valence-corrected chi connectivity index (χ0v) is 15.4. The van der Waals surface area contributed by atoms with Crippen LogP contribution < -0.4 is 5.32 Å². The van der Waals surface area contributed by atoms with Gasteiger partial charge in [0.1, 0.15) is 5.52 Å². The molecule has 1 aliphatic rings. The van der Waals surface area contributed by atoms with Crippen LogP contribution in [0.25, 0.3) is 11.0 Å². The van der Waals surface area contributed by atoms with Gasteiger partial charge in [-0.25, -0.2) is 17.9 Å². The minimum atomic E-state index is -3.13. The van der Waals surface area contributed by atoms with E-state index in [0.29, 0.717) is 18.5 Å². The summed E-state index contributed by atoms with van der Waals surface area (Å²) >= 11 is 0. The molecule has 0 radical (unpaired) electrons. The van der Waals surface area contributed by atoms with Crippen molar-refractivity contribution >= 4 is 32.7 Å². The average Bonchev–Trinajstić information content (AvgIpc) is 3.11. The number of benzene rings is 1. The molecule has 0 saturated carbocycles. The fourth-order valence-electron chi connectivity index (χ4n) is 3.03. The van der Waals surface area contributed by atoms with Gasteiger partial charge in [0.05, 0.1) is 28.1 Å². The molecular formula is C16H20N4O5S. The molecule has 1 aliphatic heterocycles. The van der Waals surface area contributed by atoms with Crippen molar-refractivity contribution in [3.8, 4) is 0 Å². The predicted octanol–water partition coefficient (Wildman–Crippen LogP) is 0.301. The highest BCUT2D eigenvalue weighted by Crippen LogP contribution is 2.22. The predicted molar refractivity (Wildman–Crippen MR) is 93.3 cm³/mol. The Kier molecular flexibility index (Phi) is 4.70. The van der Waals surface area contributed by atoms with Gasteiger partial charge >= 0.3 is 5.97 Å². The van der Waals surface area contributed by atoms with Crippen LogP contribution in [0.5, 0.6) is 0 Å². The summed E-state index contributed by atoms with van der Waals surface area (Å²) in [6.45, 7) is 3.79. The van der Waals surface area contributed by atoms with Gasteiger partial charge in [0.15, 0.2) is 16.4 Å². The third-order valence-corrected chi connectivity index (χ3v) is 6.23. The van der Waals surface area contributed by atoms with Crippen LogP contribution in [-0.2, 0) is 25.9 Å². The fourth-order valence-corrected chi connectivity index (χ4v) is 5.12. The normalized spacial score (nSPS) is 21.6. The van der Waals surface area contributed by atoms with Gasteiger partial charge in [-0.3, -0.25) is 4.79 Å². The summed E-state index contributed by atoms with van der Waals surface area (Å²) in [5.74, 6) is -1.25. The highest BCUT2D eigenvalue weighted by atomic mass is 32.2. The quantitative estimate of drug-likeness (QED) is 0.741. The Balaban J connectivity index is 1.59. The van der Waals surface area contributed by atoms with Crippen LogP contribution in [0.15, 0.2) is 18.2 Å². The Bertz CT molecular complexity index is 968. The van der Waals surface area contributed by atoms with Gasteiger partial charge in [-0.1, -0.05) is 5.21 Å². The van der Waals surface area contributed by atoms with Crippen LogP contribution in [0.4, 0.5) is 0 Å². The number of ether oxygens (including phenoxy) is 1. The number of aryl methyl sites for hydroxylation is 1. The monoisotopic (exact) mass is 380 g/mol. The number of rotatable bonds is 5. The third kappa shape index (κ3) is 3.85. The summed E-state index contributed by atoms with van der Waals surface area (Å²) in [5.41, 5.74) is 0.814. The van der Waals surface area contributed by atoms with Crippen molar-refractivity contribution in [2.24, 2.45) is 0 Å². The van der Waals surface area contributed by atoms with Crippen LogP contribution in [0.3, 0.4) is 0 Å². The standard InChI is InChI=1S/C16H20N4O5S/c1-3-20-13-5-4-11(8-12(13)18-19-20)15(22)25-9-14(21)17-16(2)6-7-26(23,24)10-16/h4-5,8H,3,6-7,9-10H2,1-2H3,(H,17,21)/t16-/m1/s1. The first-order valence-corrected chi connectivity index (χ1v) is 10.1. The molecule has 1 fully saturated rings. The molecule has 1 aromatic carbocycles. The third-order valence-electron chi connectivity index (χ3n) is 4.33. The average molecular weight is 380 g/mol. The Morgan fingerprint density at radius 2 is 2.15 bits per heavy atom. The highest BCUT2D eigenvalue weighted by Gasteiger charge is 2.39. The molecule has 10 heteroatoms. The van der Waals surface area contributed by atoms with Crippen LogP contribution in [-0.4, -0.2) is 58.9 Å². The number of amides is 1. The minimum Gasteiger partial charge on any atom is -0.452 e. The highest BCUT2D eigenvalue weighted by molar-refractivity contribution is 7.91. The van der Waals surface area contributed by atoms with E-state index in [1.807, 2.05) is 6.92 Å². The van der Waals surface area contributed by atoms with Crippen molar-refractivity contribution < 1.29 is 22.7 Å². The summed E-state index contributed by atoms with van der Waals surface area (Å²) in [5, 5.41) is 10.6. The lowest BCUT2D eigenvalue weighted by Gasteiger charge is -2.23. The molecule has 1 aromatic heterocycles. The summed E-state index contributed by atoms with van der Waals surface area (Å²) in [6, 6.07) is 4.86. The van der Waals surface area contributed by atoms with E-state index in [1.54, 1.807) is 29.8 Å². The molecule has 0 spiro atoms. The molecule has 1 N–H and O–H groups in total. The first-order valence-electron chi connectivity index (χ1n) is 8.23. The van der Waals surface area contributed by atoms with Crippen LogP contribution >= 0.6 is 0 Å². The lowest BCUT2D eigenvalue weighted by Crippen LogP contribution is -2.48. The summed E-state index contributed by atoms with van der Waals surface area (Å²) < 4.78 is 29.8. The molecule has 0 unspecified atom stereocenters. The number of nitrogens with one attached hydrogen (secondary N) is 1. The Morgan fingerprint density at radius 1 is 1.38 bits per heavy atom. The second-order valence-corrected chi connectivity index (χ2v) is 8.82.